The third-order valence-electron chi connectivity index (χ3n) is 2.54. The third-order valence-corrected chi connectivity index (χ3v) is 4.86. The van der Waals surface area contributed by atoms with Crippen LogP contribution in [0.25, 0.3) is 0 Å². The van der Waals surface area contributed by atoms with Gasteiger partial charge in [0, 0.05) is 24.7 Å². The fourth-order valence-electron chi connectivity index (χ4n) is 1.55. The molecule has 0 amide bonds. The van der Waals surface area contributed by atoms with Gasteiger partial charge in [-0.25, -0.2) is 18.1 Å². The number of nitrogens with one attached hydrogen (secondary N) is 1. The number of rotatable bonds is 6. The molecule has 0 spiro atoms. The molecule has 0 fully saturated rings. The number of hydrogen-bond donors (Lipinski definition) is 2. The zero-order chi connectivity index (χ0) is 13.9. The summed E-state index contributed by atoms with van der Waals surface area (Å²) >= 11 is 1.45. The van der Waals surface area contributed by atoms with Gasteiger partial charge in [-0.3, -0.25) is 0 Å². The van der Waals surface area contributed by atoms with E-state index < -0.39 is 16.1 Å². The lowest BCUT2D eigenvalue weighted by Crippen LogP contribution is -2.26. The first-order valence-corrected chi connectivity index (χ1v) is 8.04. The summed E-state index contributed by atoms with van der Waals surface area (Å²) in [5, 5.41) is 11.7. The molecule has 0 radical (unpaired) electrons. The summed E-state index contributed by atoms with van der Waals surface area (Å²) in [6.07, 6.45) is 2.53. The van der Waals surface area contributed by atoms with E-state index in [1.54, 1.807) is 11.6 Å². The van der Waals surface area contributed by atoms with Crippen LogP contribution < -0.4 is 4.72 Å². The van der Waals surface area contributed by atoms with Gasteiger partial charge in [0.1, 0.15) is 0 Å². The number of aromatic nitrogens is 2. The molecule has 2 heterocycles. The molecule has 6 nitrogen and oxygen atoms in total. The van der Waals surface area contributed by atoms with Crippen LogP contribution in [0.4, 0.5) is 0 Å². The fraction of sp³-hybridized carbons (Fsp3) is 0.364. The number of aryl methyl sites for hydroxylation is 1. The Morgan fingerprint density at radius 1 is 1.58 bits per heavy atom. The van der Waals surface area contributed by atoms with Crippen LogP contribution in [0.2, 0.25) is 0 Å². The normalized spacial score (nSPS) is 13.6. The second-order valence-electron chi connectivity index (χ2n) is 4.10. The van der Waals surface area contributed by atoms with E-state index in [4.69, 9.17) is 0 Å². The van der Waals surface area contributed by atoms with Crippen molar-refractivity contribution in [2.45, 2.75) is 17.6 Å². The minimum atomic E-state index is -3.59. The number of nitrogens with zero attached hydrogens (tertiary/aromatic N) is 2. The van der Waals surface area contributed by atoms with Gasteiger partial charge in [-0.1, -0.05) is 6.07 Å². The molecule has 0 aromatic carbocycles. The largest absolute Gasteiger partial charge is 0.388 e. The third kappa shape index (κ3) is 3.63. The van der Waals surface area contributed by atoms with Crippen LogP contribution >= 0.6 is 11.3 Å². The van der Waals surface area contributed by atoms with Crippen molar-refractivity contribution in [3.05, 3.63) is 34.9 Å². The lowest BCUT2D eigenvalue weighted by Gasteiger charge is -2.09. The van der Waals surface area contributed by atoms with Crippen LogP contribution in [-0.4, -0.2) is 29.6 Å². The number of sulfonamides is 1. The van der Waals surface area contributed by atoms with E-state index in [2.05, 4.69) is 9.71 Å². The molecule has 8 heteroatoms. The molecule has 0 saturated heterocycles. The Morgan fingerprint density at radius 2 is 2.37 bits per heavy atom. The topological polar surface area (TPSA) is 84.2 Å². The summed E-state index contributed by atoms with van der Waals surface area (Å²) < 4.78 is 27.7. The Bertz CT molecular complexity index is 619. The Balaban J connectivity index is 1.89. The van der Waals surface area contributed by atoms with Crippen LogP contribution in [0.3, 0.4) is 0 Å². The molecule has 1 atom stereocenters. The van der Waals surface area contributed by atoms with E-state index in [0.717, 1.165) is 4.88 Å². The van der Waals surface area contributed by atoms with E-state index in [1.807, 2.05) is 17.5 Å². The predicted octanol–water partition coefficient (Wildman–Crippen LogP) is 0.884. The monoisotopic (exact) mass is 301 g/mol. The number of aliphatic hydroxyl groups is 1. The number of imidazole rings is 1. The second kappa shape index (κ2) is 5.83. The molecule has 2 rings (SSSR count). The maximum absolute atomic E-state index is 11.8. The van der Waals surface area contributed by atoms with E-state index in [0.29, 0.717) is 6.42 Å². The highest BCUT2D eigenvalue weighted by molar-refractivity contribution is 7.89. The minimum absolute atomic E-state index is 0.0133. The van der Waals surface area contributed by atoms with E-state index >= 15 is 0 Å². The fourth-order valence-corrected chi connectivity index (χ4v) is 3.33. The van der Waals surface area contributed by atoms with E-state index in [9.17, 15) is 13.5 Å². The van der Waals surface area contributed by atoms with Crippen LogP contribution in [0, 0.1) is 0 Å². The van der Waals surface area contributed by atoms with Crippen molar-refractivity contribution in [1.29, 1.82) is 0 Å². The van der Waals surface area contributed by atoms with Crippen LogP contribution in [0.5, 0.6) is 0 Å². The summed E-state index contributed by atoms with van der Waals surface area (Å²) in [5.74, 6) is 0. The first kappa shape index (κ1) is 14.2. The van der Waals surface area contributed by atoms with Crippen molar-refractivity contribution in [2.24, 2.45) is 7.05 Å². The Kier molecular flexibility index (Phi) is 4.35. The Morgan fingerprint density at radius 3 is 2.95 bits per heavy atom. The van der Waals surface area contributed by atoms with Gasteiger partial charge in [0.15, 0.2) is 5.03 Å². The molecule has 19 heavy (non-hydrogen) atoms. The summed E-state index contributed by atoms with van der Waals surface area (Å²) in [5.41, 5.74) is 0. The molecule has 0 aliphatic heterocycles. The van der Waals surface area contributed by atoms with Gasteiger partial charge in [-0.05, 0) is 17.9 Å². The van der Waals surface area contributed by atoms with Gasteiger partial charge < -0.3 is 9.67 Å². The highest BCUT2D eigenvalue weighted by atomic mass is 32.2. The summed E-state index contributed by atoms with van der Waals surface area (Å²) in [4.78, 5) is 4.62. The van der Waals surface area contributed by atoms with Crippen LogP contribution in [-0.2, 0) is 17.1 Å². The molecule has 0 saturated carbocycles. The van der Waals surface area contributed by atoms with E-state index in [-0.39, 0.29) is 11.6 Å². The smallest absolute Gasteiger partial charge is 0.259 e. The summed E-state index contributed by atoms with van der Waals surface area (Å²) in [6, 6.07) is 3.67. The number of thiophene rings is 1. The van der Waals surface area contributed by atoms with Crippen LogP contribution in [0.15, 0.2) is 35.1 Å². The second-order valence-corrected chi connectivity index (χ2v) is 6.79. The van der Waals surface area contributed by atoms with Crippen molar-refractivity contribution in [3.63, 3.8) is 0 Å². The lowest BCUT2D eigenvalue weighted by molar-refractivity contribution is 0.173. The summed E-state index contributed by atoms with van der Waals surface area (Å²) in [7, 11) is -1.89. The van der Waals surface area contributed by atoms with Gasteiger partial charge in [-0.15, -0.1) is 11.3 Å². The molecular formula is C11H15N3O3S2. The summed E-state index contributed by atoms with van der Waals surface area (Å²) in [6.45, 7) is 0.165. The quantitative estimate of drug-likeness (QED) is 0.829. The zero-order valence-electron chi connectivity index (χ0n) is 10.4. The SMILES string of the molecule is Cn1cnc(S(=O)(=O)NCC[C@H](O)c2cccs2)c1. The molecule has 0 unspecified atom stereocenters. The molecule has 104 valence electrons. The maximum Gasteiger partial charge on any atom is 0.259 e. The van der Waals surface area contributed by atoms with Gasteiger partial charge >= 0.3 is 0 Å². The van der Waals surface area contributed by atoms with Gasteiger partial charge in [0.25, 0.3) is 10.0 Å². The lowest BCUT2D eigenvalue weighted by atomic mass is 10.2. The Hall–Kier alpha value is -1.22. The zero-order valence-corrected chi connectivity index (χ0v) is 12.0. The van der Waals surface area contributed by atoms with Crippen molar-refractivity contribution in [1.82, 2.24) is 14.3 Å². The standard InChI is InChI=1S/C11H15N3O3S2/c1-14-7-11(12-8-14)19(16,17)13-5-4-9(15)10-3-2-6-18-10/h2-3,6-9,13,15H,4-5H2,1H3/t9-/m0/s1. The van der Waals surface area contributed by atoms with Gasteiger partial charge in [0.2, 0.25) is 0 Å². The molecule has 0 aliphatic rings. The molecular weight excluding hydrogens is 286 g/mol. The maximum atomic E-state index is 11.8. The van der Waals surface area contributed by atoms with Crippen molar-refractivity contribution in [3.8, 4) is 0 Å². The minimum Gasteiger partial charge on any atom is -0.388 e. The van der Waals surface area contributed by atoms with Gasteiger partial charge in [0.05, 0.1) is 12.4 Å². The van der Waals surface area contributed by atoms with Crippen molar-refractivity contribution < 1.29 is 13.5 Å². The van der Waals surface area contributed by atoms with Crippen molar-refractivity contribution >= 4 is 21.4 Å². The molecule has 0 bridgehead atoms. The molecule has 0 aliphatic carbocycles. The van der Waals surface area contributed by atoms with Crippen LogP contribution in [0.1, 0.15) is 17.4 Å². The number of aliphatic hydroxyl groups excluding tert-OH is 1. The van der Waals surface area contributed by atoms with E-state index in [1.165, 1.54) is 23.9 Å². The highest BCUT2D eigenvalue weighted by Gasteiger charge is 2.17. The van der Waals surface area contributed by atoms with Gasteiger partial charge in [-0.2, -0.15) is 0 Å². The average Bonchev–Trinajstić information content (AvgIpc) is 2.99. The average molecular weight is 301 g/mol. The first-order valence-electron chi connectivity index (χ1n) is 5.68. The highest BCUT2D eigenvalue weighted by Crippen LogP contribution is 2.21. The number of hydrogen-bond acceptors (Lipinski definition) is 5. The molecule has 2 aromatic heterocycles. The molecule has 2 aromatic rings. The van der Waals surface area contributed by atoms with Crippen molar-refractivity contribution in [2.75, 3.05) is 6.54 Å². The predicted molar refractivity (Wildman–Crippen MR) is 72.3 cm³/mol. The Labute approximate surface area is 115 Å². The first-order chi connectivity index (χ1) is 8.99. The molecule has 2 N–H and O–H groups in total.